The van der Waals surface area contributed by atoms with E-state index in [-0.39, 0.29) is 6.03 Å². The van der Waals surface area contributed by atoms with Crippen molar-refractivity contribution in [3.8, 4) is 5.88 Å². The number of likely N-dealkylation sites (N-methyl/N-ethyl adjacent to an activating group) is 1. The van der Waals surface area contributed by atoms with Gasteiger partial charge in [-0.25, -0.2) is 9.78 Å². The predicted octanol–water partition coefficient (Wildman–Crippen LogP) is 1.62. The Morgan fingerprint density at radius 2 is 2.38 bits per heavy atom. The number of methoxy groups -OCH3 is 1. The second kappa shape index (κ2) is 6.51. The number of carbonyl (C=O) groups is 1. The van der Waals surface area contributed by atoms with Gasteiger partial charge in [-0.05, 0) is 12.0 Å². The second-order valence-corrected chi connectivity index (χ2v) is 3.82. The first-order valence-corrected chi connectivity index (χ1v) is 5.86. The third-order valence-electron chi connectivity index (χ3n) is 2.17. The highest BCUT2D eigenvalue weighted by Gasteiger charge is 2.06. The summed E-state index contributed by atoms with van der Waals surface area (Å²) in [4.78, 5) is 16.9. The molecule has 0 aliphatic heterocycles. The molecule has 1 aromatic rings. The van der Waals surface area contributed by atoms with Crippen LogP contribution in [0.5, 0.6) is 5.88 Å². The number of nitrogens with one attached hydrogen (secondary N) is 1. The molecule has 16 heavy (non-hydrogen) atoms. The molecule has 1 rings (SSSR count). The predicted molar refractivity (Wildman–Crippen MR) is 69.7 cm³/mol. The van der Waals surface area contributed by atoms with Crippen LogP contribution in [-0.4, -0.2) is 36.6 Å². The highest BCUT2D eigenvalue weighted by atomic mass is 127. The van der Waals surface area contributed by atoms with E-state index in [9.17, 15) is 4.79 Å². The number of nitrogens with zero attached hydrogens (tertiary/aromatic N) is 2. The van der Waals surface area contributed by atoms with E-state index >= 15 is 0 Å². The summed E-state index contributed by atoms with van der Waals surface area (Å²) in [6.45, 7) is 0.656. The zero-order valence-corrected chi connectivity index (χ0v) is 11.4. The fourth-order valence-corrected chi connectivity index (χ4v) is 1.56. The number of halogens is 1. The number of rotatable bonds is 4. The Bertz CT molecular complexity index is 342. The van der Waals surface area contributed by atoms with Crippen molar-refractivity contribution in [2.75, 3.05) is 20.7 Å². The van der Waals surface area contributed by atoms with Crippen LogP contribution in [0.2, 0.25) is 0 Å². The Kier molecular flexibility index (Phi) is 5.30. The minimum Gasteiger partial charge on any atom is -0.481 e. The summed E-state index contributed by atoms with van der Waals surface area (Å²) in [5, 5.41) is 0. The van der Waals surface area contributed by atoms with Crippen molar-refractivity contribution in [1.29, 1.82) is 0 Å². The first kappa shape index (κ1) is 13.0. The van der Waals surface area contributed by atoms with E-state index in [1.807, 2.05) is 35.0 Å². The summed E-state index contributed by atoms with van der Waals surface area (Å²) in [5.74, 6) is 0.599. The standard InChI is InChI=1S/C10H14IN3O2/c1-14(10(15)13-11)6-5-8-3-4-9(16-2)12-7-8/h3-4,7H,5-6H2,1-2H3,(H,13,15). The number of hydrogen-bond acceptors (Lipinski definition) is 3. The monoisotopic (exact) mass is 335 g/mol. The zero-order valence-electron chi connectivity index (χ0n) is 9.24. The van der Waals surface area contributed by atoms with Crippen LogP contribution >= 0.6 is 22.9 Å². The molecule has 0 radical (unpaired) electrons. The Morgan fingerprint density at radius 1 is 1.62 bits per heavy atom. The Hall–Kier alpha value is -1.05. The zero-order chi connectivity index (χ0) is 12.0. The largest absolute Gasteiger partial charge is 0.481 e. The average molecular weight is 335 g/mol. The van der Waals surface area contributed by atoms with Crippen molar-refractivity contribution in [2.24, 2.45) is 0 Å². The van der Waals surface area contributed by atoms with Crippen LogP contribution in [0.25, 0.3) is 0 Å². The van der Waals surface area contributed by atoms with Gasteiger partial charge < -0.3 is 9.64 Å². The molecule has 0 atom stereocenters. The van der Waals surface area contributed by atoms with E-state index in [1.54, 1.807) is 25.3 Å². The Balaban J connectivity index is 2.45. The first-order chi connectivity index (χ1) is 7.67. The van der Waals surface area contributed by atoms with Gasteiger partial charge in [0.1, 0.15) is 0 Å². The van der Waals surface area contributed by atoms with E-state index in [2.05, 4.69) is 8.51 Å². The van der Waals surface area contributed by atoms with Gasteiger partial charge in [0.05, 0.1) is 30.0 Å². The summed E-state index contributed by atoms with van der Waals surface area (Å²) < 4.78 is 7.50. The lowest BCUT2D eigenvalue weighted by Crippen LogP contribution is -2.33. The molecule has 0 bridgehead atoms. The number of carbonyl (C=O) groups excluding carboxylic acids is 1. The molecule has 5 nitrogen and oxygen atoms in total. The van der Waals surface area contributed by atoms with Crippen LogP contribution in [0, 0.1) is 0 Å². The van der Waals surface area contributed by atoms with Gasteiger partial charge in [-0.3, -0.25) is 3.53 Å². The lowest BCUT2D eigenvalue weighted by Gasteiger charge is -2.15. The lowest BCUT2D eigenvalue weighted by atomic mass is 10.2. The number of pyridine rings is 1. The molecule has 0 spiro atoms. The highest BCUT2D eigenvalue weighted by molar-refractivity contribution is 14.1. The van der Waals surface area contributed by atoms with Gasteiger partial charge in [0.25, 0.3) is 0 Å². The molecule has 0 aliphatic carbocycles. The summed E-state index contributed by atoms with van der Waals surface area (Å²) in [6, 6.07) is 3.66. The van der Waals surface area contributed by atoms with Gasteiger partial charge in [0.15, 0.2) is 0 Å². The van der Waals surface area contributed by atoms with E-state index in [0.29, 0.717) is 12.4 Å². The first-order valence-electron chi connectivity index (χ1n) is 4.78. The molecule has 0 fully saturated rings. The third-order valence-corrected chi connectivity index (χ3v) is 2.63. The number of amides is 2. The van der Waals surface area contributed by atoms with E-state index in [1.165, 1.54) is 0 Å². The normalized spacial score (nSPS) is 9.69. The summed E-state index contributed by atoms with van der Waals surface area (Å²) in [7, 11) is 3.34. The molecule has 1 aromatic heterocycles. The molecule has 0 saturated heterocycles. The van der Waals surface area contributed by atoms with Crippen LogP contribution in [-0.2, 0) is 6.42 Å². The molecule has 1 N–H and O–H groups in total. The van der Waals surface area contributed by atoms with Crippen molar-refractivity contribution < 1.29 is 9.53 Å². The molecule has 0 aromatic carbocycles. The molecule has 1 heterocycles. The van der Waals surface area contributed by atoms with Crippen molar-refractivity contribution in [3.63, 3.8) is 0 Å². The average Bonchev–Trinajstić information content (AvgIpc) is 2.35. The summed E-state index contributed by atoms with van der Waals surface area (Å²) >= 11 is 1.82. The molecule has 88 valence electrons. The maximum absolute atomic E-state index is 11.2. The van der Waals surface area contributed by atoms with Crippen molar-refractivity contribution in [2.45, 2.75) is 6.42 Å². The van der Waals surface area contributed by atoms with E-state index in [4.69, 9.17) is 4.74 Å². The molecule has 6 heteroatoms. The fraction of sp³-hybridized carbons (Fsp3) is 0.400. The highest BCUT2D eigenvalue weighted by Crippen LogP contribution is 2.07. The number of aromatic nitrogens is 1. The van der Waals surface area contributed by atoms with Gasteiger partial charge >= 0.3 is 6.03 Å². The minimum atomic E-state index is -0.0953. The SMILES string of the molecule is COc1ccc(CCN(C)C(=O)NI)cn1. The van der Waals surface area contributed by atoms with Crippen molar-refractivity contribution in [1.82, 2.24) is 13.4 Å². The molecule has 0 saturated carbocycles. The van der Waals surface area contributed by atoms with Crippen LogP contribution in [0.15, 0.2) is 18.3 Å². The summed E-state index contributed by atoms with van der Waals surface area (Å²) in [6.07, 6.45) is 2.53. The van der Waals surface area contributed by atoms with Gasteiger partial charge in [-0.1, -0.05) is 6.07 Å². The van der Waals surface area contributed by atoms with E-state index in [0.717, 1.165) is 12.0 Å². The number of ether oxygens (including phenoxy) is 1. The topological polar surface area (TPSA) is 54.5 Å². The minimum absolute atomic E-state index is 0.0953. The maximum Gasteiger partial charge on any atom is 0.325 e. The van der Waals surface area contributed by atoms with Crippen molar-refractivity contribution in [3.05, 3.63) is 23.9 Å². The molecule has 2 amide bonds. The van der Waals surface area contributed by atoms with Crippen LogP contribution < -0.4 is 8.27 Å². The van der Waals surface area contributed by atoms with Crippen LogP contribution in [0.4, 0.5) is 4.79 Å². The van der Waals surface area contributed by atoms with Crippen LogP contribution in [0.3, 0.4) is 0 Å². The molecule has 0 aliphatic rings. The van der Waals surface area contributed by atoms with Crippen molar-refractivity contribution >= 4 is 28.9 Å². The second-order valence-electron chi connectivity index (χ2n) is 3.28. The number of hydrogen-bond donors (Lipinski definition) is 1. The Morgan fingerprint density at radius 3 is 2.88 bits per heavy atom. The number of urea groups is 1. The van der Waals surface area contributed by atoms with Gasteiger partial charge in [-0.2, -0.15) is 0 Å². The maximum atomic E-state index is 11.2. The quantitative estimate of drug-likeness (QED) is 0.672. The van der Waals surface area contributed by atoms with E-state index < -0.39 is 0 Å². The smallest absolute Gasteiger partial charge is 0.325 e. The molecular formula is C10H14IN3O2. The van der Waals surface area contributed by atoms with Gasteiger partial charge in [-0.15, -0.1) is 0 Å². The van der Waals surface area contributed by atoms with Crippen LogP contribution in [0.1, 0.15) is 5.56 Å². The van der Waals surface area contributed by atoms with Gasteiger partial charge in [0, 0.05) is 25.9 Å². The van der Waals surface area contributed by atoms with Gasteiger partial charge in [0.2, 0.25) is 5.88 Å². The molecule has 0 unspecified atom stereocenters. The Labute approximate surface area is 109 Å². The summed E-state index contributed by atoms with van der Waals surface area (Å²) in [5.41, 5.74) is 1.08. The third kappa shape index (κ3) is 3.84. The lowest BCUT2D eigenvalue weighted by molar-refractivity contribution is 0.217. The fourth-order valence-electron chi connectivity index (χ4n) is 1.15. The molecular weight excluding hydrogens is 321 g/mol.